The topological polar surface area (TPSA) is 56.4 Å². The first-order chi connectivity index (χ1) is 12.8. The van der Waals surface area contributed by atoms with Crippen LogP contribution in [0.5, 0.6) is 0 Å². The molecule has 1 amide bonds. The lowest BCUT2D eigenvalue weighted by molar-refractivity contribution is -0.119. The lowest BCUT2D eigenvalue weighted by Crippen LogP contribution is -2.30. The molecule has 2 aromatic carbocycles. The molecule has 2 fully saturated rings. The van der Waals surface area contributed by atoms with Gasteiger partial charge in [-0.05, 0) is 49.1 Å². The Balaban J connectivity index is 1.41. The highest BCUT2D eigenvalue weighted by atomic mass is 16.2. The molecule has 5 nitrogen and oxygen atoms in total. The maximum atomic E-state index is 12.8. The summed E-state index contributed by atoms with van der Waals surface area (Å²) in [5, 5.41) is 3.08. The predicted molar refractivity (Wildman–Crippen MR) is 105 cm³/mol. The molecule has 2 unspecified atom stereocenters. The average molecular weight is 350 g/mol. The molecule has 2 heterocycles. The highest BCUT2D eigenvalue weighted by Crippen LogP contribution is 2.27. The van der Waals surface area contributed by atoms with Crippen molar-refractivity contribution in [2.45, 2.75) is 25.3 Å². The van der Waals surface area contributed by atoms with Crippen LogP contribution in [0.2, 0.25) is 0 Å². The normalized spacial score (nSPS) is 23.0. The van der Waals surface area contributed by atoms with Crippen molar-refractivity contribution in [3.63, 3.8) is 0 Å². The van der Waals surface area contributed by atoms with Gasteiger partial charge in [0.25, 0.3) is 0 Å². The highest BCUT2D eigenvalue weighted by molar-refractivity contribution is 5.93. The molecule has 3 N–H and O–H groups in total. The van der Waals surface area contributed by atoms with Gasteiger partial charge in [0, 0.05) is 31.0 Å². The number of hydrogen-bond donors (Lipinski definition) is 3. The Hall–Kier alpha value is -2.37. The summed E-state index contributed by atoms with van der Waals surface area (Å²) < 4.78 is 0. The molecule has 2 aliphatic rings. The summed E-state index contributed by atoms with van der Waals surface area (Å²) in [6, 6.07) is 18.3. The Morgan fingerprint density at radius 2 is 1.69 bits per heavy atom. The minimum absolute atomic E-state index is 0.0103. The summed E-state index contributed by atoms with van der Waals surface area (Å²) >= 11 is 0. The predicted octanol–water partition coefficient (Wildman–Crippen LogP) is 3.08. The second-order valence-corrected chi connectivity index (χ2v) is 7.10. The van der Waals surface area contributed by atoms with E-state index in [2.05, 4.69) is 45.3 Å². The number of nitrogens with one attached hydrogen (secondary N) is 3. The number of carbonyl (C=O) groups excluding carboxylic acids is 1. The van der Waals surface area contributed by atoms with E-state index >= 15 is 0 Å². The van der Waals surface area contributed by atoms with E-state index in [0.29, 0.717) is 6.54 Å². The van der Waals surface area contributed by atoms with Crippen molar-refractivity contribution in [1.82, 2.24) is 10.9 Å². The zero-order valence-electron chi connectivity index (χ0n) is 14.9. The third kappa shape index (κ3) is 3.74. The smallest absolute Gasteiger partial charge is 0.230 e. The number of piperidine rings is 1. The summed E-state index contributed by atoms with van der Waals surface area (Å²) in [6.45, 7) is 2.88. The van der Waals surface area contributed by atoms with Crippen LogP contribution in [0.25, 0.3) is 0 Å². The second-order valence-electron chi connectivity index (χ2n) is 7.10. The molecule has 0 aliphatic carbocycles. The minimum Gasteiger partial charge on any atom is -0.372 e. The van der Waals surface area contributed by atoms with Crippen molar-refractivity contribution in [2.24, 2.45) is 5.92 Å². The van der Waals surface area contributed by atoms with Crippen LogP contribution in [0, 0.1) is 5.92 Å². The van der Waals surface area contributed by atoms with Crippen LogP contribution in [-0.4, -0.2) is 25.5 Å². The lowest BCUT2D eigenvalue weighted by Gasteiger charge is -2.29. The van der Waals surface area contributed by atoms with Crippen LogP contribution >= 0.6 is 0 Å². The van der Waals surface area contributed by atoms with Crippen LogP contribution in [0.4, 0.5) is 11.4 Å². The molecule has 0 aromatic heterocycles. The van der Waals surface area contributed by atoms with Gasteiger partial charge in [-0.2, -0.15) is 0 Å². The molecule has 26 heavy (non-hydrogen) atoms. The van der Waals surface area contributed by atoms with Crippen molar-refractivity contribution >= 4 is 17.3 Å². The van der Waals surface area contributed by atoms with Gasteiger partial charge in [0.05, 0.1) is 12.0 Å². The van der Waals surface area contributed by atoms with E-state index in [1.165, 1.54) is 24.9 Å². The van der Waals surface area contributed by atoms with Crippen LogP contribution in [0.1, 0.15) is 30.9 Å². The third-order valence-electron chi connectivity index (χ3n) is 5.33. The lowest BCUT2D eigenvalue weighted by atomic mass is 9.94. The van der Waals surface area contributed by atoms with Crippen LogP contribution in [0.3, 0.4) is 0 Å². The number of rotatable bonds is 4. The molecule has 136 valence electrons. The Bertz CT molecular complexity index is 725. The number of benzene rings is 2. The molecule has 2 atom stereocenters. The monoisotopic (exact) mass is 350 g/mol. The van der Waals surface area contributed by atoms with E-state index in [4.69, 9.17) is 0 Å². The maximum Gasteiger partial charge on any atom is 0.230 e. The molecule has 2 saturated heterocycles. The summed E-state index contributed by atoms with van der Waals surface area (Å²) in [5.41, 5.74) is 9.57. The zero-order chi connectivity index (χ0) is 17.8. The third-order valence-corrected chi connectivity index (χ3v) is 5.33. The average Bonchev–Trinajstić information content (AvgIpc) is 3.20. The van der Waals surface area contributed by atoms with E-state index in [9.17, 15) is 4.79 Å². The fourth-order valence-electron chi connectivity index (χ4n) is 3.86. The maximum absolute atomic E-state index is 12.8. The van der Waals surface area contributed by atoms with Gasteiger partial charge in [-0.15, -0.1) is 0 Å². The molecule has 0 radical (unpaired) electrons. The van der Waals surface area contributed by atoms with E-state index in [-0.39, 0.29) is 17.9 Å². The van der Waals surface area contributed by atoms with Gasteiger partial charge in [-0.1, -0.05) is 30.3 Å². The summed E-state index contributed by atoms with van der Waals surface area (Å²) in [7, 11) is 0. The Labute approximate surface area is 154 Å². The Morgan fingerprint density at radius 3 is 2.42 bits per heavy atom. The molecule has 5 heteroatoms. The number of hydrogen-bond acceptors (Lipinski definition) is 4. The number of hydrazine groups is 1. The van der Waals surface area contributed by atoms with Crippen molar-refractivity contribution in [3.8, 4) is 0 Å². The first kappa shape index (κ1) is 17.1. The van der Waals surface area contributed by atoms with Crippen LogP contribution in [0.15, 0.2) is 54.6 Å². The fraction of sp³-hybridized carbons (Fsp3) is 0.381. The van der Waals surface area contributed by atoms with Gasteiger partial charge in [0.15, 0.2) is 0 Å². The number of amides is 1. The van der Waals surface area contributed by atoms with Gasteiger partial charge < -0.3 is 10.2 Å². The molecule has 2 aliphatic heterocycles. The molecular weight excluding hydrogens is 324 g/mol. The van der Waals surface area contributed by atoms with E-state index in [1.54, 1.807) is 0 Å². The zero-order valence-corrected chi connectivity index (χ0v) is 14.9. The number of anilines is 2. The van der Waals surface area contributed by atoms with Crippen molar-refractivity contribution in [2.75, 3.05) is 29.9 Å². The van der Waals surface area contributed by atoms with Crippen LogP contribution in [-0.2, 0) is 4.79 Å². The SMILES string of the molecule is O=C(Nc1ccc(N2CCCCC2)cc1)C1CNNC1c1ccccc1. The molecule has 0 spiro atoms. The molecular formula is C21H26N4O. The van der Waals surface area contributed by atoms with E-state index < -0.39 is 0 Å². The summed E-state index contributed by atoms with van der Waals surface area (Å²) in [6.07, 6.45) is 3.86. The van der Waals surface area contributed by atoms with E-state index in [0.717, 1.165) is 24.3 Å². The van der Waals surface area contributed by atoms with Gasteiger partial charge in [0.2, 0.25) is 5.91 Å². The van der Waals surface area contributed by atoms with Gasteiger partial charge in [-0.25, -0.2) is 5.43 Å². The van der Waals surface area contributed by atoms with Gasteiger partial charge in [-0.3, -0.25) is 10.2 Å². The molecule has 2 aromatic rings. The number of nitrogens with zero attached hydrogens (tertiary/aromatic N) is 1. The van der Waals surface area contributed by atoms with Crippen molar-refractivity contribution in [3.05, 3.63) is 60.2 Å². The molecule has 4 rings (SSSR count). The summed E-state index contributed by atoms with van der Waals surface area (Å²) in [4.78, 5) is 15.2. The Kier molecular flexibility index (Phi) is 5.18. The Morgan fingerprint density at radius 1 is 0.962 bits per heavy atom. The first-order valence-electron chi connectivity index (χ1n) is 9.50. The molecule has 0 bridgehead atoms. The number of carbonyl (C=O) groups is 1. The fourth-order valence-corrected chi connectivity index (χ4v) is 3.86. The quantitative estimate of drug-likeness (QED) is 0.793. The minimum atomic E-state index is -0.140. The van der Waals surface area contributed by atoms with E-state index in [1.807, 2.05) is 30.3 Å². The van der Waals surface area contributed by atoms with Crippen LogP contribution < -0.4 is 21.1 Å². The standard InChI is InChI=1S/C21H26N4O/c26-21(19-15-22-24-20(19)16-7-3-1-4-8-16)23-17-9-11-18(12-10-17)25-13-5-2-6-14-25/h1,3-4,7-12,19-20,22,24H,2,5-6,13-15H2,(H,23,26). The summed E-state index contributed by atoms with van der Waals surface area (Å²) in [5.74, 6) is -0.0961. The van der Waals surface area contributed by atoms with Gasteiger partial charge in [0.1, 0.15) is 0 Å². The second kappa shape index (κ2) is 7.89. The van der Waals surface area contributed by atoms with Crippen molar-refractivity contribution in [1.29, 1.82) is 0 Å². The highest BCUT2D eigenvalue weighted by Gasteiger charge is 2.33. The van der Waals surface area contributed by atoms with Crippen molar-refractivity contribution < 1.29 is 4.79 Å². The first-order valence-corrected chi connectivity index (χ1v) is 9.50. The largest absolute Gasteiger partial charge is 0.372 e. The van der Waals surface area contributed by atoms with Gasteiger partial charge >= 0.3 is 0 Å². The molecule has 0 saturated carbocycles.